The van der Waals surface area contributed by atoms with Gasteiger partial charge in [0.25, 0.3) is 0 Å². The smallest absolute Gasteiger partial charge is 0.0967 e. The molecular formula is C11H21N5. The van der Waals surface area contributed by atoms with E-state index in [9.17, 15) is 0 Å². The lowest BCUT2D eigenvalue weighted by molar-refractivity contribution is 0.112. The maximum absolute atomic E-state index is 5.75. The summed E-state index contributed by atoms with van der Waals surface area (Å²) in [6.07, 6.45) is 4.48. The van der Waals surface area contributed by atoms with E-state index in [1.54, 1.807) is 4.68 Å². The first-order valence-corrected chi connectivity index (χ1v) is 5.98. The van der Waals surface area contributed by atoms with Gasteiger partial charge in [-0.15, -0.1) is 5.10 Å². The lowest BCUT2D eigenvalue weighted by Gasteiger charge is -2.37. The fourth-order valence-electron chi connectivity index (χ4n) is 2.35. The van der Waals surface area contributed by atoms with Crippen LogP contribution in [0.1, 0.15) is 25.5 Å². The van der Waals surface area contributed by atoms with Crippen molar-refractivity contribution in [3.05, 3.63) is 11.9 Å². The molecule has 0 radical (unpaired) electrons. The zero-order valence-electron chi connectivity index (χ0n) is 10.1. The van der Waals surface area contributed by atoms with E-state index in [0.717, 1.165) is 25.3 Å². The van der Waals surface area contributed by atoms with Crippen molar-refractivity contribution in [1.82, 2.24) is 19.9 Å². The predicted molar refractivity (Wildman–Crippen MR) is 62.7 cm³/mol. The van der Waals surface area contributed by atoms with Crippen LogP contribution in [0.3, 0.4) is 0 Å². The van der Waals surface area contributed by atoms with Crippen LogP contribution in [0.2, 0.25) is 0 Å². The number of nitrogens with two attached hydrogens (primary N) is 1. The van der Waals surface area contributed by atoms with Crippen LogP contribution >= 0.6 is 0 Å². The number of aromatic nitrogens is 3. The molecule has 0 aromatic carbocycles. The van der Waals surface area contributed by atoms with Gasteiger partial charge in [0, 0.05) is 32.4 Å². The second-order valence-corrected chi connectivity index (χ2v) is 4.84. The molecular weight excluding hydrogens is 202 g/mol. The maximum Gasteiger partial charge on any atom is 0.0967 e. The predicted octanol–water partition coefficient (Wildman–Crippen LogP) is 0.374. The van der Waals surface area contributed by atoms with Crippen LogP contribution in [0.15, 0.2) is 6.20 Å². The molecule has 0 aliphatic carbocycles. The molecule has 1 aliphatic rings. The van der Waals surface area contributed by atoms with Gasteiger partial charge in [-0.3, -0.25) is 9.58 Å². The zero-order chi connectivity index (χ0) is 11.5. The minimum Gasteiger partial charge on any atom is -0.330 e. The molecule has 2 heterocycles. The largest absolute Gasteiger partial charge is 0.330 e. The van der Waals surface area contributed by atoms with Crippen molar-refractivity contribution >= 4 is 0 Å². The molecule has 1 fully saturated rings. The van der Waals surface area contributed by atoms with E-state index in [0.29, 0.717) is 12.0 Å². The standard InChI is InChI=1S/C11H21N5/c1-9-3-4-10(5-12)6-16(9)8-11-7-15(2)14-13-11/h7,9-10H,3-6,8,12H2,1-2H3. The van der Waals surface area contributed by atoms with E-state index in [1.165, 1.54) is 12.8 Å². The van der Waals surface area contributed by atoms with Gasteiger partial charge in [0.05, 0.1) is 5.69 Å². The zero-order valence-corrected chi connectivity index (χ0v) is 10.1. The molecule has 0 saturated carbocycles. The fraction of sp³-hybridized carbons (Fsp3) is 0.818. The highest BCUT2D eigenvalue weighted by atomic mass is 15.4. The van der Waals surface area contributed by atoms with Crippen LogP contribution in [-0.2, 0) is 13.6 Å². The van der Waals surface area contributed by atoms with E-state index >= 15 is 0 Å². The maximum atomic E-state index is 5.75. The summed E-state index contributed by atoms with van der Waals surface area (Å²) >= 11 is 0. The SMILES string of the molecule is CC1CCC(CN)CN1Cc1cn(C)nn1. The van der Waals surface area contributed by atoms with E-state index in [2.05, 4.69) is 22.1 Å². The van der Waals surface area contributed by atoms with E-state index in [1.807, 2.05) is 13.2 Å². The van der Waals surface area contributed by atoms with E-state index in [4.69, 9.17) is 5.73 Å². The van der Waals surface area contributed by atoms with Crippen molar-refractivity contribution in [2.45, 2.75) is 32.4 Å². The number of rotatable bonds is 3. The molecule has 5 heteroatoms. The quantitative estimate of drug-likeness (QED) is 0.804. The number of nitrogens with zero attached hydrogens (tertiary/aromatic N) is 4. The van der Waals surface area contributed by atoms with Gasteiger partial charge in [0.2, 0.25) is 0 Å². The van der Waals surface area contributed by atoms with Crippen LogP contribution in [-0.4, -0.2) is 39.0 Å². The molecule has 2 unspecified atom stereocenters. The first kappa shape index (κ1) is 11.5. The van der Waals surface area contributed by atoms with Crippen molar-refractivity contribution in [2.24, 2.45) is 18.7 Å². The molecule has 5 nitrogen and oxygen atoms in total. The normalized spacial score (nSPS) is 27.2. The molecule has 1 aromatic heterocycles. The van der Waals surface area contributed by atoms with Crippen molar-refractivity contribution in [2.75, 3.05) is 13.1 Å². The minimum absolute atomic E-state index is 0.629. The second-order valence-electron chi connectivity index (χ2n) is 4.84. The molecule has 90 valence electrons. The Morgan fingerprint density at radius 2 is 2.31 bits per heavy atom. The van der Waals surface area contributed by atoms with Gasteiger partial charge in [-0.05, 0) is 32.2 Å². The number of likely N-dealkylation sites (tertiary alicyclic amines) is 1. The molecule has 0 amide bonds. The van der Waals surface area contributed by atoms with Gasteiger partial charge < -0.3 is 5.73 Å². The Balaban J connectivity index is 1.96. The summed E-state index contributed by atoms with van der Waals surface area (Å²) in [5.41, 5.74) is 6.80. The third-order valence-electron chi connectivity index (χ3n) is 3.46. The van der Waals surface area contributed by atoms with Crippen LogP contribution < -0.4 is 5.73 Å². The summed E-state index contributed by atoms with van der Waals surface area (Å²) in [6, 6.07) is 0.629. The molecule has 0 spiro atoms. The Morgan fingerprint density at radius 3 is 2.94 bits per heavy atom. The van der Waals surface area contributed by atoms with Gasteiger partial charge >= 0.3 is 0 Å². The van der Waals surface area contributed by atoms with Gasteiger partial charge in [0.1, 0.15) is 0 Å². The van der Waals surface area contributed by atoms with Crippen molar-refractivity contribution < 1.29 is 0 Å². The number of piperidine rings is 1. The van der Waals surface area contributed by atoms with Gasteiger partial charge in [-0.2, -0.15) is 0 Å². The Morgan fingerprint density at radius 1 is 1.50 bits per heavy atom. The third-order valence-corrected chi connectivity index (χ3v) is 3.46. The summed E-state index contributed by atoms with van der Waals surface area (Å²) in [5, 5.41) is 8.10. The minimum atomic E-state index is 0.629. The lowest BCUT2D eigenvalue weighted by atomic mass is 9.93. The first-order chi connectivity index (χ1) is 7.69. The van der Waals surface area contributed by atoms with E-state index < -0.39 is 0 Å². The molecule has 0 bridgehead atoms. The molecule has 1 aromatic rings. The third kappa shape index (κ3) is 2.59. The Labute approximate surface area is 96.6 Å². The van der Waals surface area contributed by atoms with Crippen LogP contribution in [0.4, 0.5) is 0 Å². The fourth-order valence-corrected chi connectivity index (χ4v) is 2.35. The van der Waals surface area contributed by atoms with Crippen molar-refractivity contribution in [3.63, 3.8) is 0 Å². The average Bonchev–Trinajstić information content (AvgIpc) is 2.67. The average molecular weight is 223 g/mol. The summed E-state index contributed by atoms with van der Waals surface area (Å²) in [5.74, 6) is 0.646. The van der Waals surface area contributed by atoms with Gasteiger partial charge in [-0.25, -0.2) is 0 Å². The molecule has 16 heavy (non-hydrogen) atoms. The molecule has 1 aliphatic heterocycles. The Kier molecular flexibility index (Phi) is 3.56. The van der Waals surface area contributed by atoms with Gasteiger partial charge in [0.15, 0.2) is 0 Å². The van der Waals surface area contributed by atoms with Gasteiger partial charge in [-0.1, -0.05) is 5.21 Å². The Hall–Kier alpha value is -0.940. The topological polar surface area (TPSA) is 60.0 Å². The summed E-state index contributed by atoms with van der Waals surface area (Å²) in [4.78, 5) is 2.46. The van der Waals surface area contributed by atoms with E-state index in [-0.39, 0.29) is 0 Å². The summed E-state index contributed by atoms with van der Waals surface area (Å²) in [6.45, 7) is 5.06. The summed E-state index contributed by atoms with van der Waals surface area (Å²) < 4.78 is 1.75. The second kappa shape index (κ2) is 4.93. The molecule has 1 saturated heterocycles. The van der Waals surface area contributed by atoms with Crippen molar-refractivity contribution in [1.29, 1.82) is 0 Å². The number of hydrogen-bond donors (Lipinski definition) is 1. The van der Waals surface area contributed by atoms with Crippen LogP contribution in [0, 0.1) is 5.92 Å². The summed E-state index contributed by atoms with van der Waals surface area (Å²) in [7, 11) is 1.90. The highest BCUT2D eigenvalue weighted by Crippen LogP contribution is 2.22. The monoisotopic (exact) mass is 223 g/mol. The number of aryl methyl sites for hydroxylation is 1. The molecule has 2 N–H and O–H groups in total. The van der Waals surface area contributed by atoms with Crippen LogP contribution in [0.25, 0.3) is 0 Å². The number of hydrogen-bond acceptors (Lipinski definition) is 4. The van der Waals surface area contributed by atoms with Crippen molar-refractivity contribution in [3.8, 4) is 0 Å². The Bertz CT molecular complexity index is 335. The lowest BCUT2D eigenvalue weighted by Crippen LogP contribution is -2.43. The highest BCUT2D eigenvalue weighted by Gasteiger charge is 2.25. The van der Waals surface area contributed by atoms with Crippen LogP contribution in [0.5, 0.6) is 0 Å². The molecule has 2 rings (SSSR count). The highest BCUT2D eigenvalue weighted by molar-refractivity contribution is 4.93. The molecule has 2 atom stereocenters. The first-order valence-electron chi connectivity index (χ1n) is 5.98.